The lowest BCUT2D eigenvalue weighted by atomic mass is 9.74. The summed E-state index contributed by atoms with van der Waals surface area (Å²) in [4.78, 5) is 27.1. The first-order valence-electron chi connectivity index (χ1n) is 8.28. The molecule has 1 aliphatic carbocycles. The third kappa shape index (κ3) is 3.56. The Bertz CT molecular complexity index is 603. The Hall–Kier alpha value is -1.07. The van der Waals surface area contributed by atoms with Crippen molar-refractivity contribution in [3.63, 3.8) is 0 Å². The van der Waals surface area contributed by atoms with Crippen molar-refractivity contribution in [2.45, 2.75) is 51.5 Å². The number of carbonyl (C=O) groups is 2. The fraction of sp³-hybridized carbons (Fsp3) is 0.647. The van der Waals surface area contributed by atoms with E-state index < -0.39 is 0 Å². The number of hydrogen-bond donors (Lipinski definition) is 1. The second-order valence-electron chi connectivity index (χ2n) is 6.75. The van der Waals surface area contributed by atoms with Crippen LogP contribution in [-0.4, -0.2) is 35.8 Å². The monoisotopic (exact) mass is 354 g/mol. The highest BCUT2D eigenvalue weighted by Crippen LogP contribution is 2.47. The van der Waals surface area contributed by atoms with Gasteiger partial charge in [0, 0.05) is 36.3 Å². The first-order chi connectivity index (χ1) is 11.0. The summed E-state index contributed by atoms with van der Waals surface area (Å²) in [5.74, 6) is 0.212. The van der Waals surface area contributed by atoms with Crippen LogP contribution >= 0.6 is 22.9 Å². The highest BCUT2D eigenvalue weighted by Gasteiger charge is 2.48. The van der Waals surface area contributed by atoms with Gasteiger partial charge in [-0.05, 0) is 37.8 Å². The van der Waals surface area contributed by atoms with Gasteiger partial charge in [0.25, 0.3) is 0 Å². The van der Waals surface area contributed by atoms with Crippen molar-refractivity contribution >= 4 is 34.8 Å². The minimum absolute atomic E-state index is 0.0449. The van der Waals surface area contributed by atoms with Crippen molar-refractivity contribution in [1.82, 2.24) is 10.2 Å². The van der Waals surface area contributed by atoms with E-state index in [0.29, 0.717) is 23.3 Å². The fourth-order valence-corrected chi connectivity index (χ4v) is 5.36. The lowest BCUT2D eigenvalue weighted by molar-refractivity contribution is -0.136. The van der Waals surface area contributed by atoms with Crippen LogP contribution in [0.1, 0.15) is 43.9 Å². The Morgan fingerprint density at radius 1 is 1.39 bits per heavy atom. The summed E-state index contributed by atoms with van der Waals surface area (Å²) in [5.41, 5.74) is 0.0761. The normalized spacial score (nSPS) is 26.9. The number of rotatable bonds is 4. The van der Waals surface area contributed by atoms with Crippen LogP contribution in [-0.2, 0) is 16.0 Å². The van der Waals surface area contributed by atoms with Crippen LogP contribution in [0, 0.1) is 5.41 Å². The van der Waals surface area contributed by atoms with E-state index in [1.165, 1.54) is 11.3 Å². The third-order valence-corrected chi connectivity index (χ3v) is 6.55. The summed E-state index contributed by atoms with van der Waals surface area (Å²) < 4.78 is 0.714. The van der Waals surface area contributed by atoms with E-state index in [2.05, 4.69) is 5.32 Å². The van der Waals surface area contributed by atoms with Crippen LogP contribution in [0.3, 0.4) is 0 Å². The quantitative estimate of drug-likeness (QED) is 0.902. The molecule has 1 aromatic rings. The molecule has 126 valence electrons. The van der Waals surface area contributed by atoms with Crippen molar-refractivity contribution < 1.29 is 9.59 Å². The van der Waals surface area contributed by atoms with E-state index in [0.717, 1.165) is 43.5 Å². The van der Waals surface area contributed by atoms with E-state index in [1.807, 2.05) is 17.0 Å². The number of nitrogens with zero attached hydrogens (tertiary/aromatic N) is 1. The number of nitrogens with one attached hydrogen (secondary N) is 1. The van der Waals surface area contributed by atoms with Gasteiger partial charge in [-0.1, -0.05) is 18.0 Å². The highest BCUT2D eigenvalue weighted by atomic mass is 35.5. The molecule has 1 saturated carbocycles. The van der Waals surface area contributed by atoms with Crippen molar-refractivity contribution in [2.75, 3.05) is 13.1 Å². The smallest absolute Gasteiger partial charge is 0.225 e. The van der Waals surface area contributed by atoms with Crippen molar-refractivity contribution in [3.05, 3.63) is 21.3 Å². The zero-order chi connectivity index (χ0) is 16.4. The van der Waals surface area contributed by atoms with Gasteiger partial charge in [0.05, 0.1) is 10.8 Å². The molecule has 0 bridgehead atoms. The van der Waals surface area contributed by atoms with E-state index >= 15 is 0 Å². The van der Waals surface area contributed by atoms with Crippen molar-refractivity contribution in [2.24, 2.45) is 5.41 Å². The highest BCUT2D eigenvalue weighted by molar-refractivity contribution is 7.16. The average molecular weight is 355 g/mol. The molecule has 23 heavy (non-hydrogen) atoms. The maximum Gasteiger partial charge on any atom is 0.225 e. The minimum atomic E-state index is 0.0449. The van der Waals surface area contributed by atoms with Crippen LogP contribution in [0.5, 0.6) is 0 Å². The van der Waals surface area contributed by atoms with E-state index in [9.17, 15) is 9.59 Å². The van der Waals surface area contributed by atoms with Crippen LogP contribution in [0.25, 0.3) is 0 Å². The van der Waals surface area contributed by atoms with E-state index in [1.54, 1.807) is 6.92 Å². The van der Waals surface area contributed by atoms with Gasteiger partial charge in [-0.3, -0.25) is 9.59 Å². The number of hydrogen-bond acceptors (Lipinski definition) is 3. The van der Waals surface area contributed by atoms with Gasteiger partial charge in [-0.15, -0.1) is 11.3 Å². The van der Waals surface area contributed by atoms with Gasteiger partial charge in [0.15, 0.2) is 0 Å². The Balaban J connectivity index is 1.61. The zero-order valence-corrected chi connectivity index (χ0v) is 15.0. The molecule has 2 heterocycles. The molecule has 0 radical (unpaired) electrons. The molecule has 3 rings (SSSR count). The number of thiophene rings is 1. The summed E-state index contributed by atoms with van der Waals surface area (Å²) in [6.45, 7) is 3.20. The Morgan fingerprint density at radius 2 is 2.17 bits per heavy atom. The van der Waals surface area contributed by atoms with Crippen molar-refractivity contribution in [3.8, 4) is 0 Å². The van der Waals surface area contributed by atoms with Gasteiger partial charge in [0.2, 0.25) is 11.8 Å². The Labute approximate surface area is 146 Å². The SMILES string of the molecule is CC(=O)N1CCCC2(CNC(=O)Cc3ccc(Cl)s3)CCCC12. The molecule has 2 unspecified atom stereocenters. The Kier molecular flexibility index (Phi) is 4.97. The molecule has 1 aliphatic heterocycles. The summed E-state index contributed by atoms with van der Waals surface area (Å²) in [7, 11) is 0. The maximum atomic E-state index is 12.2. The van der Waals surface area contributed by atoms with Crippen LogP contribution in [0.2, 0.25) is 4.34 Å². The summed E-state index contributed by atoms with van der Waals surface area (Å²) >= 11 is 7.36. The van der Waals surface area contributed by atoms with Gasteiger partial charge in [-0.25, -0.2) is 0 Å². The zero-order valence-electron chi connectivity index (χ0n) is 13.4. The van der Waals surface area contributed by atoms with Gasteiger partial charge in [-0.2, -0.15) is 0 Å². The molecular formula is C17H23ClN2O2S. The molecular weight excluding hydrogens is 332 g/mol. The minimum Gasteiger partial charge on any atom is -0.355 e. The largest absolute Gasteiger partial charge is 0.355 e. The van der Waals surface area contributed by atoms with Crippen LogP contribution in [0.15, 0.2) is 12.1 Å². The molecule has 4 nitrogen and oxygen atoms in total. The molecule has 2 amide bonds. The number of likely N-dealkylation sites (tertiary alicyclic amines) is 1. The predicted octanol–water partition coefficient (Wildman–Crippen LogP) is 3.24. The number of piperidine rings is 1. The third-order valence-electron chi connectivity index (χ3n) is 5.31. The maximum absolute atomic E-state index is 12.2. The number of amides is 2. The van der Waals surface area contributed by atoms with Crippen LogP contribution in [0.4, 0.5) is 0 Å². The molecule has 1 N–H and O–H groups in total. The molecule has 2 atom stereocenters. The standard InChI is InChI=1S/C17H23ClN2O2S/c1-12(21)20-9-3-8-17(7-2-4-14(17)20)11-19-16(22)10-13-5-6-15(18)23-13/h5-6,14H,2-4,7-11H2,1H3,(H,19,22). The second-order valence-corrected chi connectivity index (χ2v) is 8.55. The van der Waals surface area contributed by atoms with E-state index in [4.69, 9.17) is 11.6 Å². The number of carbonyl (C=O) groups excluding carboxylic acids is 2. The van der Waals surface area contributed by atoms with Crippen molar-refractivity contribution in [1.29, 1.82) is 0 Å². The van der Waals surface area contributed by atoms with Gasteiger partial charge < -0.3 is 10.2 Å². The molecule has 1 saturated heterocycles. The first kappa shape index (κ1) is 16.8. The summed E-state index contributed by atoms with van der Waals surface area (Å²) in [5, 5.41) is 3.12. The lowest BCUT2D eigenvalue weighted by Gasteiger charge is -2.46. The average Bonchev–Trinajstić information content (AvgIpc) is 3.11. The molecule has 2 aliphatic rings. The topological polar surface area (TPSA) is 49.4 Å². The molecule has 1 aromatic heterocycles. The molecule has 6 heteroatoms. The fourth-order valence-electron chi connectivity index (χ4n) is 4.27. The van der Waals surface area contributed by atoms with Crippen LogP contribution < -0.4 is 5.32 Å². The molecule has 0 aromatic carbocycles. The predicted molar refractivity (Wildman–Crippen MR) is 92.7 cm³/mol. The van der Waals surface area contributed by atoms with Gasteiger partial charge >= 0.3 is 0 Å². The second kappa shape index (κ2) is 6.81. The summed E-state index contributed by atoms with van der Waals surface area (Å²) in [6, 6.07) is 4.03. The first-order valence-corrected chi connectivity index (χ1v) is 9.48. The summed E-state index contributed by atoms with van der Waals surface area (Å²) in [6.07, 6.45) is 5.83. The molecule has 0 spiro atoms. The Morgan fingerprint density at radius 3 is 2.87 bits per heavy atom. The van der Waals surface area contributed by atoms with Gasteiger partial charge in [0.1, 0.15) is 0 Å². The molecule has 2 fully saturated rings. The lowest BCUT2D eigenvalue weighted by Crippen LogP contribution is -2.55. The number of halogens is 1. The number of fused-ring (bicyclic) bond motifs is 1. The van der Waals surface area contributed by atoms with E-state index in [-0.39, 0.29) is 17.2 Å².